The zero-order valence-corrected chi connectivity index (χ0v) is 17.3. The van der Waals surface area contributed by atoms with Crippen molar-refractivity contribution >= 4 is 17.5 Å². The second kappa shape index (κ2) is 7.98. The highest BCUT2D eigenvalue weighted by molar-refractivity contribution is 5.96. The molecule has 33 heavy (non-hydrogen) atoms. The molecule has 2 aliphatic carbocycles. The summed E-state index contributed by atoms with van der Waals surface area (Å²) in [6.45, 7) is -0.220. The van der Waals surface area contributed by atoms with Crippen LogP contribution < -0.4 is 10.6 Å². The van der Waals surface area contributed by atoms with Gasteiger partial charge in [0.1, 0.15) is 22.8 Å². The molecule has 176 valence electrons. The lowest BCUT2D eigenvalue weighted by Gasteiger charge is -2.20. The van der Waals surface area contributed by atoms with Crippen molar-refractivity contribution in [1.29, 1.82) is 0 Å². The van der Waals surface area contributed by atoms with E-state index in [9.17, 15) is 37.4 Å². The van der Waals surface area contributed by atoms with Crippen LogP contribution in [0.5, 0.6) is 5.75 Å². The fourth-order valence-electron chi connectivity index (χ4n) is 3.73. The van der Waals surface area contributed by atoms with Crippen LogP contribution in [0.3, 0.4) is 0 Å². The topological polar surface area (TPSA) is 112 Å². The predicted molar refractivity (Wildman–Crippen MR) is 108 cm³/mol. The van der Waals surface area contributed by atoms with Gasteiger partial charge in [0.25, 0.3) is 5.91 Å². The number of aliphatic hydroxyl groups is 1. The highest BCUT2D eigenvalue weighted by atomic mass is 19.4. The number of hydrogen-bond acceptors (Lipinski definition) is 5. The molecule has 0 atom stereocenters. The molecule has 4 rings (SSSR count). The van der Waals surface area contributed by atoms with E-state index >= 15 is 0 Å². The number of hydrogen-bond donors (Lipinski definition) is 4. The van der Waals surface area contributed by atoms with E-state index in [0.717, 1.165) is 24.4 Å². The smallest absolute Gasteiger partial charge is 0.411 e. The molecule has 2 aliphatic rings. The van der Waals surface area contributed by atoms with E-state index in [1.54, 1.807) is 0 Å². The quantitative estimate of drug-likeness (QED) is 0.468. The van der Waals surface area contributed by atoms with Crippen molar-refractivity contribution in [3.8, 4) is 5.75 Å². The first-order chi connectivity index (χ1) is 15.5. The van der Waals surface area contributed by atoms with Crippen LogP contribution in [0.15, 0.2) is 30.5 Å². The maximum atomic E-state index is 14.5. The third kappa shape index (κ3) is 4.50. The molecule has 0 radical (unpaired) electrons. The number of aromatic nitrogens is 1. The summed E-state index contributed by atoms with van der Waals surface area (Å²) in [7, 11) is 0. The van der Waals surface area contributed by atoms with Crippen LogP contribution in [0.2, 0.25) is 0 Å². The Morgan fingerprint density at radius 1 is 1.12 bits per heavy atom. The largest absolute Gasteiger partial charge is 0.508 e. The van der Waals surface area contributed by atoms with Gasteiger partial charge in [0.15, 0.2) is 0 Å². The highest BCUT2D eigenvalue weighted by Crippen LogP contribution is 2.51. The van der Waals surface area contributed by atoms with Crippen molar-refractivity contribution in [2.45, 2.75) is 49.2 Å². The van der Waals surface area contributed by atoms with Crippen molar-refractivity contribution in [2.24, 2.45) is 0 Å². The molecule has 1 heterocycles. The summed E-state index contributed by atoms with van der Waals surface area (Å²) in [5.41, 5.74) is -2.89. The van der Waals surface area contributed by atoms with Crippen molar-refractivity contribution in [1.82, 2.24) is 10.3 Å². The Morgan fingerprint density at radius 3 is 2.39 bits per heavy atom. The fourth-order valence-corrected chi connectivity index (χ4v) is 3.73. The second-order valence-corrected chi connectivity index (χ2v) is 8.59. The summed E-state index contributed by atoms with van der Waals surface area (Å²) < 4.78 is 53.7. The zero-order chi connectivity index (χ0) is 24.0. The van der Waals surface area contributed by atoms with Crippen LogP contribution in [-0.4, -0.2) is 45.3 Å². The van der Waals surface area contributed by atoms with Gasteiger partial charge in [-0.25, -0.2) is 4.39 Å². The van der Waals surface area contributed by atoms with Crippen LogP contribution in [0, 0.1) is 5.82 Å². The first-order valence-electron chi connectivity index (χ1n) is 10.3. The molecule has 0 unspecified atom stereocenters. The molecule has 1 aromatic carbocycles. The van der Waals surface area contributed by atoms with Gasteiger partial charge in [-0.15, -0.1) is 0 Å². The maximum absolute atomic E-state index is 14.5. The maximum Gasteiger partial charge on any atom is 0.411 e. The molecule has 7 nitrogen and oxygen atoms in total. The molecule has 2 aromatic rings. The van der Waals surface area contributed by atoms with Crippen LogP contribution in [0.4, 0.5) is 23.2 Å². The van der Waals surface area contributed by atoms with Gasteiger partial charge in [-0.3, -0.25) is 14.6 Å². The number of carbonyl (C=O) groups is 2. The van der Waals surface area contributed by atoms with Gasteiger partial charge in [-0.05, 0) is 49.9 Å². The molecule has 2 fully saturated rings. The molecule has 2 saturated carbocycles. The Morgan fingerprint density at radius 2 is 1.82 bits per heavy atom. The van der Waals surface area contributed by atoms with E-state index in [1.165, 1.54) is 6.07 Å². The molecule has 11 heteroatoms. The summed E-state index contributed by atoms with van der Waals surface area (Å²) in [5, 5.41) is 24.1. The Bertz CT molecular complexity index is 1110. The number of aliphatic hydroxyl groups excluding tert-OH is 1. The minimum Gasteiger partial charge on any atom is -0.508 e. The van der Waals surface area contributed by atoms with Crippen LogP contribution in [0.25, 0.3) is 0 Å². The summed E-state index contributed by atoms with van der Waals surface area (Å²) >= 11 is 0. The molecular formula is C22H21F4N3O4. The zero-order valence-electron chi connectivity index (χ0n) is 17.3. The van der Waals surface area contributed by atoms with Gasteiger partial charge in [0.05, 0.1) is 13.0 Å². The van der Waals surface area contributed by atoms with Crippen molar-refractivity contribution in [3.63, 3.8) is 0 Å². The second-order valence-electron chi connectivity index (χ2n) is 8.59. The molecule has 1 aromatic heterocycles. The van der Waals surface area contributed by atoms with Crippen molar-refractivity contribution in [3.05, 3.63) is 53.1 Å². The molecule has 0 spiro atoms. The van der Waals surface area contributed by atoms with Crippen molar-refractivity contribution in [2.75, 3.05) is 11.9 Å². The van der Waals surface area contributed by atoms with E-state index in [4.69, 9.17) is 0 Å². The normalized spacial score (nSPS) is 17.8. The van der Waals surface area contributed by atoms with Gasteiger partial charge in [0, 0.05) is 28.4 Å². The predicted octanol–water partition coefficient (Wildman–Crippen LogP) is 2.96. The lowest BCUT2D eigenvalue weighted by molar-refractivity contribution is -0.163. The Kier molecular flexibility index (Phi) is 5.55. The van der Waals surface area contributed by atoms with Gasteiger partial charge in [-0.1, -0.05) is 0 Å². The standard InChI is InChI=1S/C22H21F4N3O4/c23-15-10-14(20(11-30)2-3-20)17(31)7-12(15)8-18(32)28-13-1-6-27-16(9-13)19(33)29-21(4-5-21)22(24,25)26/h1,6-7,9-10,30-31H,2-5,8,11H2,(H,29,33)(H,27,28,32). The summed E-state index contributed by atoms with van der Waals surface area (Å²) in [5.74, 6) is -2.62. The van der Waals surface area contributed by atoms with E-state index in [-0.39, 0.29) is 42.1 Å². The van der Waals surface area contributed by atoms with Gasteiger partial charge >= 0.3 is 6.18 Å². The van der Waals surface area contributed by atoms with Crippen LogP contribution >= 0.6 is 0 Å². The molecular weight excluding hydrogens is 446 g/mol. The number of rotatable bonds is 7. The van der Waals surface area contributed by atoms with Gasteiger partial charge in [0.2, 0.25) is 5.91 Å². The summed E-state index contributed by atoms with van der Waals surface area (Å²) in [6, 6.07) is 4.71. The van der Waals surface area contributed by atoms with E-state index in [2.05, 4.69) is 10.3 Å². The monoisotopic (exact) mass is 467 g/mol. The van der Waals surface area contributed by atoms with Crippen LogP contribution in [-0.2, 0) is 16.6 Å². The number of nitrogens with zero attached hydrogens (tertiary/aromatic N) is 1. The lowest BCUT2D eigenvalue weighted by Crippen LogP contribution is -2.48. The Labute approximate surface area is 185 Å². The van der Waals surface area contributed by atoms with E-state index in [0.29, 0.717) is 18.4 Å². The molecule has 0 aliphatic heterocycles. The molecule has 0 saturated heterocycles. The summed E-state index contributed by atoms with van der Waals surface area (Å²) in [4.78, 5) is 28.4. The fraction of sp³-hybridized carbons (Fsp3) is 0.409. The summed E-state index contributed by atoms with van der Waals surface area (Å²) in [6.07, 6.45) is -3.03. The number of phenols is 1. The third-order valence-corrected chi connectivity index (χ3v) is 6.17. The number of nitrogens with one attached hydrogen (secondary N) is 2. The van der Waals surface area contributed by atoms with Gasteiger partial charge in [-0.2, -0.15) is 13.2 Å². The highest BCUT2D eigenvalue weighted by Gasteiger charge is 2.64. The number of anilines is 1. The number of amides is 2. The molecule has 2 amide bonds. The van der Waals surface area contributed by atoms with E-state index in [1.807, 2.05) is 5.32 Å². The first kappa shape index (κ1) is 23.0. The number of phenolic OH excluding ortho intramolecular Hbond substituents is 1. The average Bonchev–Trinajstić information content (AvgIpc) is 3.66. The Hall–Kier alpha value is -3.21. The number of halogens is 4. The number of aromatic hydroxyl groups is 1. The third-order valence-electron chi connectivity index (χ3n) is 6.17. The average molecular weight is 467 g/mol. The van der Waals surface area contributed by atoms with Crippen molar-refractivity contribution < 1.29 is 37.4 Å². The van der Waals surface area contributed by atoms with Gasteiger partial charge < -0.3 is 20.8 Å². The minimum atomic E-state index is -4.57. The lowest BCUT2D eigenvalue weighted by atomic mass is 9.93. The minimum absolute atomic E-state index is 0.0737. The van der Waals surface area contributed by atoms with E-state index < -0.39 is 41.2 Å². The number of pyridine rings is 1. The molecule has 4 N–H and O–H groups in total. The molecule has 0 bridgehead atoms. The van der Waals surface area contributed by atoms with Crippen LogP contribution in [0.1, 0.15) is 47.3 Å². The Balaban J connectivity index is 1.42. The first-order valence-corrected chi connectivity index (χ1v) is 10.3. The number of carbonyl (C=O) groups excluding carboxylic acids is 2. The number of benzene rings is 1. The number of alkyl halides is 3. The SMILES string of the molecule is O=C(Cc1cc(O)c(C2(CO)CC2)cc1F)Nc1ccnc(C(=O)NC2(C(F)(F)F)CC2)c1.